The molecule has 0 aliphatic carbocycles. The molecule has 2 atom stereocenters. The predicted octanol–water partition coefficient (Wildman–Crippen LogP) is 1.01. The maximum atomic E-state index is 12.4. The molecule has 0 aromatic rings. The molecule has 2 saturated heterocycles. The third-order valence-electron chi connectivity index (χ3n) is 3.50. The molecule has 0 radical (unpaired) electrons. The van der Waals surface area contributed by atoms with Crippen LogP contribution in [0.25, 0.3) is 0 Å². The zero-order valence-corrected chi connectivity index (χ0v) is 11.5. The van der Waals surface area contributed by atoms with Crippen LogP contribution in [0.4, 0.5) is 4.79 Å². The van der Waals surface area contributed by atoms with E-state index >= 15 is 0 Å². The topological polar surface area (TPSA) is 70.1 Å². The fraction of sp³-hybridized carbons (Fsp3) is 0.846. The van der Waals surface area contributed by atoms with Gasteiger partial charge in [-0.2, -0.15) is 0 Å². The Bertz CT molecular complexity index is 347. The number of carbonyl (C=O) groups excluding carboxylic acids is 1. The Hall–Kier alpha value is -1.30. The minimum absolute atomic E-state index is 0.133. The third kappa shape index (κ3) is 3.59. The summed E-state index contributed by atoms with van der Waals surface area (Å²) in [5.41, 5.74) is 0. The summed E-state index contributed by atoms with van der Waals surface area (Å²) in [5.74, 6) is -0.716. The van der Waals surface area contributed by atoms with Crippen LogP contribution in [0.2, 0.25) is 0 Å². The van der Waals surface area contributed by atoms with Crippen molar-refractivity contribution in [2.24, 2.45) is 5.92 Å². The van der Waals surface area contributed by atoms with Gasteiger partial charge in [-0.25, -0.2) is 4.79 Å². The molecule has 108 valence electrons. The molecule has 0 aromatic heterocycles. The molecule has 2 unspecified atom stereocenters. The number of aliphatic carboxylic acids is 1. The van der Waals surface area contributed by atoms with Crippen molar-refractivity contribution in [3.8, 4) is 0 Å². The molecule has 1 N–H and O–H groups in total. The second kappa shape index (κ2) is 5.77. The van der Waals surface area contributed by atoms with E-state index in [0.29, 0.717) is 19.6 Å². The average Bonchev–Trinajstić information content (AvgIpc) is 2.65. The van der Waals surface area contributed by atoms with Gasteiger partial charge in [-0.15, -0.1) is 0 Å². The summed E-state index contributed by atoms with van der Waals surface area (Å²) in [6.45, 7) is 5.37. The van der Waals surface area contributed by atoms with E-state index in [9.17, 15) is 9.59 Å². The van der Waals surface area contributed by atoms with E-state index in [4.69, 9.17) is 9.84 Å². The monoisotopic (exact) mass is 270 g/mol. The van der Waals surface area contributed by atoms with Crippen LogP contribution in [0.15, 0.2) is 0 Å². The van der Waals surface area contributed by atoms with E-state index in [2.05, 4.69) is 0 Å². The van der Waals surface area contributed by atoms with Gasteiger partial charge in [0.25, 0.3) is 0 Å². The quantitative estimate of drug-likeness (QED) is 0.827. The Morgan fingerprint density at radius 2 is 1.89 bits per heavy atom. The van der Waals surface area contributed by atoms with Crippen LogP contribution in [-0.2, 0) is 9.53 Å². The van der Waals surface area contributed by atoms with Crippen molar-refractivity contribution in [3.63, 3.8) is 0 Å². The Morgan fingerprint density at radius 1 is 1.32 bits per heavy atom. The molecule has 19 heavy (non-hydrogen) atoms. The molecule has 2 aliphatic rings. The highest BCUT2D eigenvalue weighted by Gasteiger charge is 2.37. The third-order valence-corrected chi connectivity index (χ3v) is 3.50. The second-order valence-corrected chi connectivity index (χ2v) is 5.81. The van der Waals surface area contributed by atoms with Crippen LogP contribution >= 0.6 is 0 Å². The molecule has 2 amide bonds. The summed E-state index contributed by atoms with van der Waals surface area (Å²) in [7, 11) is 0. The van der Waals surface area contributed by atoms with Gasteiger partial charge in [0.05, 0.1) is 12.2 Å². The van der Waals surface area contributed by atoms with E-state index in [1.54, 1.807) is 4.90 Å². The molecule has 0 aromatic carbocycles. The smallest absolute Gasteiger partial charge is 0.323 e. The van der Waals surface area contributed by atoms with Crippen LogP contribution in [0.1, 0.15) is 26.7 Å². The zero-order chi connectivity index (χ0) is 14.0. The lowest BCUT2D eigenvalue weighted by Gasteiger charge is -2.36. The number of hydrogen-bond donors (Lipinski definition) is 1. The van der Waals surface area contributed by atoms with Gasteiger partial charge in [-0.3, -0.25) is 4.79 Å². The van der Waals surface area contributed by atoms with E-state index in [-0.39, 0.29) is 30.7 Å². The average molecular weight is 270 g/mol. The number of rotatable bonds is 4. The largest absolute Gasteiger partial charge is 0.480 e. The Balaban J connectivity index is 1.99. The number of ether oxygens (including phenoxy) is 1. The van der Waals surface area contributed by atoms with Crippen molar-refractivity contribution in [1.82, 2.24) is 9.80 Å². The van der Waals surface area contributed by atoms with Gasteiger partial charge in [0.2, 0.25) is 0 Å². The number of amides is 2. The van der Waals surface area contributed by atoms with Crippen molar-refractivity contribution >= 4 is 12.0 Å². The van der Waals surface area contributed by atoms with Gasteiger partial charge in [-0.1, -0.05) is 13.8 Å². The highest BCUT2D eigenvalue weighted by molar-refractivity contribution is 5.80. The van der Waals surface area contributed by atoms with Gasteiger partial charge in [0.15, 0.2) is 0 Å². The number of carboxylic acid groups (broad SMARTS) is 1. The summed E-state index contributed by atoms with van der Waals surface area (Å²) in [6.07, 6.45) is 2.26. The molecular formula is C13H22N2O4. The number of nitrogens with zero attached hydrogens (tertiary/aromatic N) is 2. The molecule has 2 bridgehead atoms. The van der Waals surface area contributed by atoms with Crippen LogP contribution < -0.4 is 0 Å². The SMILES string of the molecule is CC(C)CN(CC(=O)O)C(=O)N1CC2CCC(C1)O2. The van der Waals surface area contributed by atoms with Crippen molar-refractivity contribution in [2.45, 2.75) is 38.9 Å². The van der Waals surface area contributed by atoms with Crippen molar-refractivity contribution in [2.75, 3.05) is 26.2 Å². The first kappa shape index (κ1) is 14.1. The molecule has 2 aliphatic heterocycles. The lowest BCUT2D eigenvalue weighted by Crippen LogP contribution is -2.52. The van der Waals surface area contributed by atoms with Gasteiger partial charge >= 0.3 is 12.0 Å². The number of carbonyl (C=O) groups is 2. The van der Waals surface area contributed by atoms with Crippen molar-refractivity contribution < 1.29 is 19.4 Å². The summed E-state index contributed by atoms with van der Waals surface area (Å²) in [6, 6.07) is -0.170. The fourth-order valence-corrected chi connectivity index (χ4v) is 2.79. The first-order valence-corrected chi connectivity index (χ1v) is 6.86. The molecule has 6 heteroatoms. The highest BCUT2D eigenvalue weighted by Crippen LogP contribution is 2.26. The normalized spacial score (nSPS) is 25.7. The van der Waals surface area contributed by atoms with Crippen LogP contribution in [-0.4, -0.2) is 65.3 Å². The first-order valence-electron chi connectivity index (χ1n) is 6.86. The number of urea groups is 1. The fourth-order valence-electron chi connectivity index (χ4n) is 2.79. The second-order valence-electron chi connectivity index (χ2n) is 5.81. The van der Waals surface area contributed by atoms with E-state index in [1.807, 2.05) is 13.8 Å². The Kier molecular flexibility index (Phi) is 4.29. The molecule has 6 nitrogen and oxygen atoms in total. The first-order chi connectivity index (χ1) is 8.95. The number of carboxylic acids is 1. The summed E-state index contributed by atoms with van der Waals surface area (Å²) in [4.78, 5) is 26.5. The van der Waals surface area contributed by atoms with Gasteiger partial charge < -0.3 is 19.6 Å². The van der Waals surface area contributed by atoms with Crippen molar-refractivity contribution in [1.29, 1.82) is 0 Å². The lowest BCUT2D eigenvalue weighted by molar-refractivity contribution is -0.138. The van der Waals surface area contributed by atoms with Gasteiger partial charge in [0, 0.05) is 19.6 Å². The standard InChI is InChI=1S/C13H22N2O4/c1-9(2)5-14(8-12(16)17)13(18)15-6-10-3-4-11(7-15)19-10/h9-11H,3-8H2,1-2H3,(H,16,17). The minimum Gasteiger partial charge on any atom is -0.480 e. The summed E-state index contributed by atoms with van der Waals surface area (Å²) >= 11 is 0. The van der Waals surface area contributed by atoms with Gasteiger partial charge in [0.1, 0.15) is 6.54 Å². The Labute approximate surface area is 113 Å². The van der Waals surface area contributed by atoms with Crippen LogP contribution in [0.3, 0.4) is 0 Å². The minimum atomic E-state index is -0.967. The maximum Gasteiger partial charge on any atom is 0.323 e. The van der Waals surface area contributed by atoms with Crippen LogP contribution in [0, 0.1) is 5.92 Å². The van der Waals surface area contributed by atoms with Gasteiger partial charge in [-0.05, 0) is 18.8 Å². The van der Waals surface area contributed by atoms with Crippen LogP contribution in [0.5, 0.6) is 0 Å². The zero-order valence-electron chi connectivity index (χ0n) is 11.5. The number of fused-ring (bicyclic) bond motifs is 2. The number of morpholine rings is 1. The maximum absolute atomic E-state index is 12.4. The summed E-state index contributed by atoms with van der Waals surface area (Å²) in [5, 5.41) is 8.92. The van der Waals surface area contributed by atoms with E-state index < -0.39 is 5.97 Å². The van der Waals surface area contributed by atoms with E-state index in [1.165, 1.54) is 4.90 Å². The molecule has 2 rings (SSSR count). The summed E-state index contributed by atoms with van der Waals surface area (Å²) < 4.78 is 5.69. The predicted molar refractivity (Wildman–Crippen MR) is 68.9 cm³/mol. The molecule has 2 fully saturated rings. The molecule has 0 spiro atoms. The van der Waals surface area contributed by atoms with E-state index in [0.717, 1.165) is 12.8 Å². The number of likely N-dealkylation sites (tertiary alicyclic amines) is 1. The Morgan fingerprint density at radius 3 is 2.37 bits per heavy atom. The van der Waals surface area contributed by atoms with Crippen molar-refractivity contribution in [3.05, 3.63) is 0 Å². The highest BCUT2D eigenvalue weighted by atomic mass is 16.5. The molecule has 0 saturated carbocycles. The molecule has 2 heterocycles. The number of hydrogen-bond acceptors (Lipinski definition) is 3. The molecular weight excluding hydrogens is 248 g/mol. The lowest BCUT2D eigenvalue weighted by atomic mass is 10.2.